The summed E-state index contributed by atoms with van der Waals surface area (Å²) < 4.78 is 33.2. The van der Waals surface area contributed by atoms with Crippen LogP contribution < -0.4 is 10.5 Å². The van der Waals surface area contributed by atoms with E-state index in [1.54, 1.807) is 18.2 Å². The maximum Gasteiger partial charge on any atom is 0.303 e. The van der Waals surface area contributed by atoms with E-state index < -0.39 is 16.0 Å². The number of hydrogen-bond acceptors (Lipinski definition) is 5. The summed E-state index contributed by atoms with van der Waals surface area (Å²) in [5, 5.41) is 9.68. The zero-order chi connectivity index (χ0) is 20.5. The minimum atomic E-state index is -3.86. The molecule has 0 saturated carbocycles. The van der Waals surface area contributed by atoms with Gasteiger partial charge in [0.15, 0.2) is 0 Å². The number of rotatable bonds is 7. The summed E-state index contributed by atoms with van der Waals surface area (Å²) in [6.45, 7) is 3.79. The van der Waals surface area contributed by atoms with Crippen molar-refractivity contribution >= 4 is 32.6 Å². The normalized spacial score (nSPS) is 11.8. The van der Waals surface area contributed by atoms with E-state index in [0.717, 1.165) is 0 Å². The molecule has 0 unspecified atom stereocenters. The largest absolute Gasteiger partial charge is 0.491 e. The summed E-state index contributed by atoms with van der Waals surface area (Å²) in [4.78, 5) is 11.1. The van der Waals surface area contributed by atoms with Gasteiger partial charge in [-0.25, -0.2) is 12.4 Å². The van der Waals surface area contributed by atoms with E-state index >= 15 is 0 Å². The first-order chi connectivity index (χ1) is 13.2. The molecule has 3 aromatic rings. The molecule has 0 aliphatic rings. The summed E-state index contributed by atoms with van der Waals surface area (Å²) in [5.41, 5.74) is 7.22. The number of carboxylic acid groups (broad SMARTS) is 1. The van der Waals surface area contributed by atoms with Crippen LogP contribution in [0.5, 0.6) is 5.75 Å². The Labute approximate surface area is 163 Å². The molecular weight excluding hydrogens is 380 g/mol. The number of aryl methyl sites for hydroxylation is 1. The van der Waals surface area contributed by atoms with Crippen molar-refractivity contribution in [2.45, 2.75) is 37.7 Å². The number of benzene rings is 2. The second kappa shape index (κ2) is 7.55. The fraction of sp³-hybridized carbons (Fsp3) is 0.250. The van der Waals surface area contributed by atoms with Gasteiger partial charge in [-0.1, -0.05) is 0 Å². The average Bonchev–Trinajstić information content (AvgIpc) is 2.98. The Kier molecular flexibility index (Phi) is 5.33. The molecule has 0 aliphatic heterocycles. The van der Waals surface area contributed by atoms with Crippen molar-refractivity contribution in [3.05, 3.63) is 54.2 Å². The molecule has 3 N–H and O–H groups in total. The zero-order valence-corrected chi connectivity index (χ0v) is 16.4. The third-order valence-corrected chi connectivity index (χ3v) is 5.93. The first kappa shape index (κ1) is 19.8. The van der Waals surface area contributed by atoms with Crippen molar-refractivity contribution in [2.75, 3.05) is 5.73 Å². The molecule has 1 heterocycles. The molecule has 0 atom stereocenters. The van der Waals surface area contributed by atoms with Crippen molar-refractivity contribution in [1.29, 1.82) is 0 Å². The van der Waals surface area contributed by atoms with E-state index in [1.165, 1.54) is 34.4 Å². The van der Waals surface area contributed by atoms with E-state index in [0.29, 0.717) is 27.9 Å². The van der Waals surface area contributed by atoms with Crippen LogP contribution in [0.25, 0.3) is 10.9 Å². The number of aliphatic carboxylic acids is 1. The Morgan fingerprint density at radius 3 is 2.46 bits per heavy atom. The van der Waals surface area contributed by atoms with Crippen LogP contribution in [-0.2, 0) is 21.2 Å². The Bertz CT molecular complexity index is 1120. The second-order valence-electron chi connectivity index (χ2n) is 6.76. The van der Waals surface area contributed by atoms with Crippen molar-refractivity contribution in [3.63, 3.8) is 0 Å². The summed E-state index contributed by atoms with van der Waals surface area (Å²) in [6.07, 6.45) is 1.55. The minimum absolute atomic E-state index is 0.0412. The number of carboxylic acids is 1. The highest BCUT2D eigenvalue weighted by Crippen LogP contribution is 2.30. The fourth-order valence-electron chi connectivity index (χ4n) is 2.98. The van der Waals surface area contributed by atoms with Crippen LogP contribution >= 0.6 is 0 Å². The highest BCUT2D eigenvalue weighted by molar-refractivity contribution is 7.90. The van der Waals surface area contributed by atoms with E-state index in [4.69, 9.17) is 15.6 Å². The maximum absolute atomic E-state index is 13.1. The van der Waals surface area contributed by atoms with Crippen molar-refractivity contribution in [2.24, 2.45) is 0 Å². The molecule has 3 rings (SSSR count). The molecule has 1 aromatic heterocycles. The first-order valence-electron chi connectivity index (χ1n) is 8.82. The van der Waals surface area contributed by atoms with Gasteiger partial charge in [-0.3, -0.25) is 4.79 Å². The average molecular weight is 402 g/mol. The quantitative estimate of drug-likeness (QED) is 0.587. The SMILES string of the molecule is CC(C)Oc1ccc2c(c1)c(CCC(=O)O)cn2S(=O)(=O)c1ccc(N)cc1. The van der Waals surface area contributed by atoms with Crippen LogP contribution in [0.4, 0.5) is 5.69 Å². The minimum Gasteiger partial charge on any atom is -0.491 e. The van der Waals surface area contributed by atoms with Crippen molar-refractivity contribution in [3.8, 4) is 5.75 Å². The van der Waals surface area contributed by atoms with Gasteiger partial charge in [0.25, 0.3) is 10.0 Å². The van der Waals surface area contributed by atoms with Crippen LogP contribution in [0.1, 0.15) is 25.8 Å². The van der Waals surface area contributed by atoms with Gasteiger partial charge in [-0.15, -0.1) is 0 Å². The molecular formula is C20H22N2O5S. The highest BCUT2D eigenvalue weighted by atomic mass is 32.2. The lowest BCUT2D eigenvalue weighted by molar-refractivity contribution is -0.136. The van der Waals surface area contributed by atoms with E-state index in [-0.39, 0.29) is 23.8 Å². The third kappa shape index (κ3) is 3.96. The van der Waals surface area contributed by atoms with Gasteiger partial charge >= 0.3 is 5.97 Å². The van der Waals surface area contributed by atoms with Crippen molar-refractivity contribution in [1.82, 2.24) is 3.97 Å². The van der Waals surface area contributed by atoms with Crippen LogP contribution in [0.15, 0.2) is 53.6 Å². The predicted molar refractivity (Wildman–Crippen MR) is 107 cm³/mol. The smallest absolute Gasteiger partial charge is 0.303 e. The zero-order valence-electron chi connectivity index (χ0n) is 15.6. The first-order valence-corrected chi connectivity index (χ1v) is 10.3. The Balaban J connectivity index is 2.16. The van der Waals surface area contributed by atoms with Crippen LogP contribution in [0, 0.1) is 0 Å². The van der Waals surface area contributed by atoms with Gasteiger partial charge in [0.2, 0.25) is 0 Å². The molecule has 0 saturated heterocycles. The number of hydrogen-bond donors (Lipinski definition) is 2. The number of carbonyl (C=O) groups is 1. The molecule has 0 amide bonds. The van der Waals surface area contributed by atoms with Crippen LogP contribution in [0.3, 0.4) is 0 Å². The van der Waals surface area contributed by atoms with Gasteiger partial charge < -0.3 is 15.6 Å². The Morgan fingerprint density at radius 2 is 1.86 bits per heavy atom. The lowest BCUT2D eigenvalue weighted by Gasteiger charge is -2.11. The fourth-order valence-corrected chi connectivity index (χ4v) is 4.37. The van der Waals surface area contributed by atoms with Crippen LogP contribution in [0.2, 0.25) is 0 Å². The number of nitrogens with zero attached hydrogens (tertiary/aromatic N) is 1. The molecule has 28 heavy (non-hydrogen) atoms. The van der Waals surface area contributed by atoms with E-state index in [9.17, 15) is 13.2 Å². The number of fused-ring (bicyclic) bond motifs is 1. The molecule has 0 aliphatic carbocycles. The maximum atomic E-state index is 13.1. The Hall–Kier alpha value is -3.00. The van der Waals surface area contributed by atoms with E-state index in [2.05, 4.69) is 0 Å². The van der Waals surface area contributed by atoms with Gasteiger partial charge in [-0.05, 0) is 68.3 Å². The van der Waals surface area contributed by atoms with E-state index in [1.807, 2.05) is 13.8 Å². The lowest BCUT2D eigenvalue weighted by Crippen LogP contribution is -2.12. The number of anilines is 1. The molecule has 148 valence electrons. The Morgan fingerprint density at radius 1 is 1.18 bits per heavy atom. The molecule has 2 aromatic carbocycles. The molecule has 8 heteroatoms. The van der Waals surface area contributed by atoms with Gasteiger partial charge in [0.1, 0.15) is 5.75 Å². The number of aromatic nitrogens is 1. The molecule has 0 radical (unpaired) electrons. The summed E-state index contributed by atoms with van der Waals surface area (Å²) >= 11 is 0. The molecule has 0 bridgehead atoms. The predicted octanol–water partition coefficient (Wildman–Crippen LogP) is 3.26. The topological polar surface area (TPSA) is 112 Å². The summed E-state index contributed by atoms with van der Waals surface area (Å²) in [6, 6.07) is 11.1. The monoisotopic (exact) mass is 402 g/mol. The summed E-state index contributed by atoms with van der Waals surface area (Å²) in [7, 11) is -3.86. The van der Waals surface area contributed by atoms with Gasteiger partial charge in [-0.2, -0.15) is 0 Å². The molecule has 0 fully saturated rings. The highest BCUT2D eigenvalue weighted by Gasteiger charge is 2.22. The number of nitrogen functional groups attached to an aromatic ring is 1. The van der Waals surface area contributed by atoms with Crippen molar-refractivity contribution < 1.29 is 23.1 Å². The number of nitrogens with two attached hydrogens (primary N) is 1. The van der Waals surface area contributed by atoms with Gasteiger partial charge in [0.05, 0.1) is 16.5 Å². The standard InChI is InChI=1S/C20H22N2O5S/c1-13(2)27-16-6-9-19-18(11-16)14(3-10-20(23)24)12-22(19)28(25,26)17-7-4-15(21)5-8-17/h4-9,11-13H,3,10,21H2,1-2H3,(H,23,24). The second-order valence-corrected chi connectivity index (χ2v) is 8.58. The van der Waals surface area contributed by atoms with Gasteiger partial charge in [0, 0.05) is 23.7 Å². The van der Waals surface area contributed by atoms with Crippen LogP contribution in [-0.4, -0.2) is 29.6 Å². The lowest BCUT2D eigenvalue weighted by atomic mass is 10.1. The third-order valence-electron chi connectivity index (χ3n) is 4.24. The number of ether oxygens (including phenoxy) is 1. The molecule has 7 nitrogen and oxygen atoms in total. The molecule has 0 spiro atoms. The summed E-state index contributed by atoms with van der Waals surface area (Å²) in [5.74, 6) is -0.349.